The van der Waals surface area contributed by atoms with E-state index < -0.39 is 0 Å². The van der Waals surface area contributed by atoms with Gasteiger partial charge in [0.05, 0.1) is 13.2 Å². The maximum Gasteiger partial charge on any atom is 0.324 e. The first-order valence-electron chi connectivity index (χ1n) is 3.90. The molecule has 0 aromatic heterocycles. The fraction of sp³-hybridized carbons (Fsp3) is 0.714. The van der Waals surface area contributed by atoms with Gasteiger partial charge < -0.3 is 10.1 Å². The van der Waals surface area contributed by atoms with Gasteiger partial charge in [-0.15, -0.1) is 0 Å². The number of piperazine rings is 1. The molecule has 0 saturated carbocycles. The number of hydrogen-bond acceptors (Lipinski definition) is 4. The van der Waals surface area contributed by atoms with Gasteiger partial charge in [0, 0.05) is 6.54 Å². The quantitative estimate of drug-likeness (QED) is 0.505. The van der Waals surface area contributed by atoms with Gasteiger partial charge in [0.1, 0.15) is 6.04 Å². The van der Waals surface area contributed by atoms with Gasteiger partial charge in [-0.25, -0.2) is 0 Å². The first kappa shape index (κ1) is 8.99. The van der Waals surface area contributed by atoms with Gasteiger partial charge in [0.25, 0.3) is 0 Å². The van der Waals surface area contributed by atoms with Crippen molar-refractivity contribution in [2.24, 2.45) is 0 Å². The number of rotatable bonds is 2. The number of esters is 1. The molecule has 1 rings (SSSR count). The molecule has 1 aliphatic rings. The van der Waals surface area contributed by atoms with E-state index in [4.69, 9.17) is 4.74 Å². The summed E-state index contributed by atoms with van der Waals surface area (Å²) in [7, 11) is 0. The molecule has 1 aliphatic heterocycles. The number of ether oxygens (including phenoxy) is 1. The van der Waals surface area contributed by atoms with Crippen molar-refractivity contribution in [3.63, 3.8) is 0 Å². The van der Waals surface area contributed by atoms with E-state index in [-0.39, 0.29) is 24.5 Å². The number of amides is 1. The minimum atomic E-state index is -0.386. The lowest BCUT2D eigenvalue weighted by molar-refractivity contribution is -0.146. The Balaban J connectivity index is 2.33. The van der Waals surface area contributed by atoms with E-state index in [0.717, 1.165) is 0 Å². The predicted molar refractivity (Wildman–Crippen MR) is 41.4 cm³/mol. The van der Waals surface area contributed by atoms with E-state index in [1.54, 1.807) is 6.92 Å². The van der Waals surface area contributed by atoms with Crippen molar-refractivity contribution >= 4 is 11.9 Å². The van der Waals surface area contributed by atoms with Gasteiger partial charge in [0.15, 0.2) is 0 Å². The third-order valence-electron chi connectivity index (χ3n) is 1.58. The van der Waals surface area contributed by atoms with Crippen LogP contribution in [-0.4, -0.2) is 37.6 Å². The molecule has 0 bridgehead atoms. The highest BCUT2D eigenvalue weighted by molar-refractivity contribution is 5.83. The summed E-state index contributed by atoms with van der Waals surface area (Å²) >= 11 is 0. The molecule has 1 unspecified atom stereocenters. The van der Waals surface area contributed by atoms with Crippen LogP contribution < -0.4 is 10.6 Å². The number of carbonyl (C=O) groups is 2. The molecule has 68 valence electrons. The van der Waals surface area contributed by atoms with Crippen molar-refractivity contribution in [3.05, 3.63) is 0 Å². The Hall–Kier alpha value is -1.10. The second kappa shape index (κ2) is 4.06. The lowest BCUT2D eigenvalue weighted by Gasteiger charge is -2.21. The first-order valence-corrected chi connectivity index (χ1v) is 3.90. The highest BCUT2D eigenvalue weighted by atomic mass is 16.5. The maximum atomic E-state index is 11.1. The van der Waals surface area contributed by atoms with E-state index in [1.165, 1.54) is 0 Å². The van der Waals surface area contributed by atoms with Crippen molar-refractivity contribution in [2.45, 2.75) is 13.0 Å². The largest absolute Gasteiger partial charge is 0.465 e. The molecule has 0 aromatic carbocycles. The SMILES string of the molecule is CCOC(=O)C1CNC(=O)CN1. The maximum absolute atomic E-state index is 11.1. The minimum absolute atomic E-state index is 0.0875. The van der Waals surface area contributed by atoms with Crippen molar-refractivity contribution in [3.8, 4) is 0 Å². The molecule has 5 heteroatoms. The molecule has 1 amide bonds. The van der Waals surface area contributed by atoms with Crippen LogP contribution in [0.25, 0.3) is 0 Å². The van der Waals surface area contributed by atoms with Crippen LogP contribution in [0.3, 0.4) is 0 Å². The Bertz CT molecular complexity index is 183. The summed E-state index contributed by atoms with van der Waals surface area (Å²) in [6.07, 6.45) is 0. The third kappa shape index (κ3) is 2.20. The average Bonchev–Trinajstić information content (AvgIpc) is 2.06. The standard InChI is InChI=1S/C7H12N2O3/c1-2-12-7(11)5-3-9-6(10)4-8-5/h5,8H,2-4H2,1H3,(H,9,10). The van der Waals surface area contributed by atoms with Gasteiger partial charge in [-0.05, 0) is 6.92 Å². The van der Waals surface area contributed by atoms with Gasteiger partial charge >= 0.3 is 5.97 Å². The van der Waals surface area contributed by atoms with Crippen LogP contribution in [0.1, 0.15) is 6.92 Å². The Kier molecular flexibility index (Phi) is 3.04. The van der Waals surface area contributed by atoms with Gasteiger partial charge in [-0.1, -0.05) is 0 Å². The van der Waals surface area contributed by atoms with Crippen LogP contribution in [0.4, 0.5) is 0 Å². The fourth-order valence-corrected chi connectivity index (χ4v) is 0.976. The van der Waals surface area contributed by atoms with Crippen LogP contribution in [-0.2, 0) is 14.3 Å². The molecule has 1 fully saturated rings. The molecule has 0 aromatic rings. The zero-order valence-electron chi connectivity index (χ0n) is 6.92. The van der Waals surface area contributed by atoms with Crippen molar-refractivity contribution in [1.82, 2.24) is 10.6 Å². The summed E-state index contributed by atoms with van der Waals surface area (Å²) in [5.41, 5.74) is 0. The summed E-state index contributed by atoms with van der Waals surface area (Å²) in [5, 5.41) is 5.34. The zero-order valence-corrected chi connectivity index (χ0v) is 6.92. The lowest BCUT2D eigenvalue weighted by atomic mass is 10.2. The van der Waals surface area contributed by atoms with Crippen LogP contribution >= 0.6 is 0 Å². The lowest BCUT2D eigenvalue weighted by Crippen LogP contribution is -2.55. The first-order chi connectivity index (χ1) is 5.74. The number of nitrogens with one attached hydrogen (secondary N) is 2. The summed E-state index contributed by atoms with van der Waals surface area (Å²) < 4.78 is 4.76. The summed E-state index contributed by atoms with van der Waals surface area (Å²) in [4.78, 5) is 21.7. The predicted octanol–water partition coefficient (Wildman–Crippen LogP) is -1.36. The summed E-state index contributed by atoms with van der Waals surface area (Å²) in [6, 6.07) is -0.386. The Morgan fingerprint density at radius 3 is 3.00 bits per heavy atom. The van der Waals surface area contributed by atoms with Gasteiger partial charge in [-0.2, -0.15) is 0 Å². The Morgan fingerprint density at radius 2 is 2.50 bits per heavy atom. The molecule has 1 saturated heterocycles. The van der Waals surface area contributed by atoms with Crippen LogP contribution in [0.2, 0.25) is 0 Å². The van der Waals surface area contributed by atoms with E-state index in [2.05, 4.69) is 10.6 Å². The highest BCUT2D eigenvalue weighted by Gasteiger charge is 2.24. The van der Waals surface area contributed by atoms with E-state index in [1.807, 2.05) is 0 Å². The Morgan fingerprint density at radius 1 is 1.75 bits per heavy atom. The van der Waals surface area contributed by atoms with E-state index in [9.17, 15) is 9.59 Å². The zero-order chi connectivity index (χ0) is 8.97. The normalized spacial score (nSPS) is 23.1. The highest BCUT2D eigenvalue weighted by Crippen LogP contribution is 1.91. The second-order valence-corrected chi connectivity index (χ2v) is 2.49. The molecule has 12 heavy (non-hydrogen) atoms. The van der Waals surface area contributed by atoms with Crippen LogP contribution in [0, 0.1) is 0 Å². The molecular weight excluding hydrogens is 160 g/mol. The monoisotopic (exact) mass is 172 g/mol. The summed E-state index contributed by atoms with van der Waals surface area (Å²) in [5.74, 6) is -0.395. The molecule has 0 spiro atoms. The smallest absolute Gasteiger partial charge is 0.324 e. The van der Waals surface area contributed by atoms with Crippen LogP contribution in [0.15, 0.2) is 0 Å². The Labute approximate surface area is 70.5 Å². The van der Waals surface area contributed by atoms with Crippen molar-refractivity contribution in [2.75, 3.05) is 19.7 Å². The summed E-state index contributed by atoms with van der Waals surface area (Å²) in [6.45, 7) is 2.62. The molecule has 2 N–H and O–H groups in total. The topological polar surface area (TPSA) is 67.4 Å². The van der Waals surface area contributed by atoms with Crippen LogP contribution in [0.5, 0.6) is 0 Å². The van der Waals surface area contributed by atoms with Gasteiger partial charge in [0.2, 0.25) is 5.91 Å². The number of hydrogen-bond donors (Lipinski definition) is 2. The van der Waals surface area contributed by atoms with Crippen molar-refractivity contribution < 1.29 is 14.3 Å². The van der Waals surface area contributed by atoms with Crippen molar-refractivity contribution in [1.29, 1.82) is 0 Å². The molecule has 5 nitrogen and oxygen atoms in total. The average molecular weight is 172 g/mol. The van der Waals surface area contributed by atoms with Gasteiger partial charge in [-0.3, -0.25) is 14.9 Å². The molecule has 1 heterocycles. The molecular formula is C7H12N2O3. The molecule has 0 aliphatic carbocycles. The van der Waals surface area contributed by atoms with E-state index in [0.29, 0.717) is 13.2 Å². The fourth-order valence-electron chi connectivity index (χ4n) is 0.976. The van der Waals surface area contributed by atoms with E-state index >= 15 is 0 Å². The molecule has 0 radical (unpaired) electrons. The third-order valence-corrected chi connectivity index (χ3v) is 1.58. The molecule has 1 atom stereocenters. The number of carbonyl (C=O) groups excluding carboxylic acids is 2. The minimum Gasteiger partial charge on any atom is -0.465 e. The second-order valence-electron chi connectivity index (χ2n) is 2.49.